The van der Waals surface area contributed by atoms with Gasteiger partial charge in [-0.15, -0.1) is 0 Å². The quantitative estimate of drug-likeness (QED) is 0.482. The molecule has 1 aromatic carbocycles. The maximum Gasteiger partial charge on any atom is 0.159 e. The van der Waals surface area contributed by atoms with Crippen LogP contribution in [-0.4, -0.2) is 27.0 Å². The maximum absolute atomic E-state index is 11.9. The number of hydrogen-bond acceptors (Lipinski definition) is 5. The lowest BCUT2D eigenvalue weighted by Gasteiger charge is -2.23. The Bertz CT molecular complexity index is 957. The number of aromatic amines is 1. The van der Waals surface area contributed by atoms with Crippen molar-refractivity contribution in [2.75, 3.05) is 10.6 Å². The first-order valence-electron chi connectivity index (χ1n) is 10.7. The fourth-order valence-corrected chi connectivity index (χ4v) is 4.06. The number of pyridine rings is 1. The second-order valence-corrected chi connectivity index (χ2v) is 7.92. The van der Waals surface area contributed by atoms with E-state index >= 15 is 0 Å². The van der Waals surface area contributed by atoms with Gasteiger partial charge in [0.2, 0.25) is 0 Å². The predicted molar refractivity (Wildman–Crippen MR) is 118 cm³/mol. The summed E-state index contributed by atoms with van der Waals surface area (Å²) < 4.78 is 0. The Balaban J connectivity index is 1.51. The van der Waals surface area contributed by atoms with Crippen LogP contribution in [0, 0.1) is 0 Å². The van der Waals surface area contributed by atoms with E-state index in [1.165, 1.54) is 32.1 Å². The lowest BCUT2D eigenvalue weighted by Crippen LogP contribution is -2.22. The van der Waals surface area contributed by atoms with E-state index in [4.69, 9.17) is 0 Å². The Morgan fingerprint density at radius 3 is 2.69 bits per heavy atom. The summed E-state index contributed by atoms with van der Waals surface area (Å²) in [7, 11) is 0. The Kier molecular flexibility index (Phi) is 6.08. The van der Waals surface area contributed by atoms with E-state index in [0.29, 0.717) is 24.7 Å². The Labute approximate surface area is 171 Å². The average molecular weight is 392 g/mol. The largest absolute Gasteiger partial charge is 0.365 e. The van der Waals surface area contributed by atoms with Crippen LogP contribution < -0.4 is 10.6 Å². The van der Waals surface area contributed by atoms with Crippen molar-refractivity contribution in [1.82, 2.24) is 15.2 Å². The zero-order valence-electron chi connectivity index (χ0n) is 17.0. The van der Waals surface area contributed by atoms with Crippen LogP contribution >= 0.6 is 0 Å². The number of benzene rings is 1. The number of nitrogens with zero attached hydrogens (tertiary/aromatic N) is 2. The van der Waals surface area contributed by atoms with Crippen molar-refractivity contribution in [3.05, 3.63) is 42.1 Å². The molecule has 29 heavy (non-hydrogen) atoms. The van der Waals surface area contributed by atoms with Gasteiger partial charge in [0.05, 0.1) is 11.1 Å². The molecule has 1 saturated carbocycles. The minimum Gasteiger partial charge on any atom is -0.365 e. The number of nitrogens with one attached hydrogen (secondary N) is 3. The molecule has 1 fully saturated rings. The molecule has 6 heteroatoms. The fraction of sp³-hybridized carbons (Fsp3) is 0.435. The van der Waals surface area contributed by atoms with E-state index in [0.717, 1.165) is 40.2 Å². The Morgan fingerprint density at radius 1 is 1.14 bits per heavy atom. The summed E-state index contributed by atoms with van der Waals surface area (Å²) in [5.41, 5.74) is 3.78. The van der Waals surface area contributed by atoms with Crippen LogP contribution in [0.1, 0.15) is 57.4 Å². The third kappa shape index (κ3) is 4.75. The van der Waals surface area contributed by atoms with Crippen molar-refractivity contribution in [2.45, 2.75) is 64.3 Å². The van der Waals surface area contributed by atoms with Crippen molar-refractivity contribution in [3.8, 4) is 0 Å². The third-order valence-electron chi connectivity index (χ3n) is 5.57. The molecular weight excluding hydrogens is 362 g/mol. The molecule has 0 amide bonds. The minimum absolute atomic E-state index is 0.292. The van der Waals surface area contributed by atoms with Gasteiger partial charge in [0.15, 0.2) is 11.5 Å². The van der Waals surface area contributed by atoms with E-state index in [1.807, 2.05) is 37.3 Å². The molecule has 4 rings (SSSR count). The molecule has 0 spiro atoms. The molecule has 0 bridgehead atoms. The van der Waals surface area contributed by atoms with Crippen LogP contribution in [0.5, 0.6) is 0 Å². The fourth-order valence-electron chi connectivity index (χ4n) is 4.06. The van der Waals surface area contributed by atoms with Gasteiger partial charge < -0.3 is 10.6 Å². The van der Waals surface area contributed by atoms with Crippen LogP contribution in [0.4, 0.5) is 17.2 Å². The molecule has 3 aromatic rings. The van der Waals surface area contributed by atoms with Crippen LogP contribution in [0.2, 0.25) is 0 Å². The normalized spacial score (nSPS) is 14.8. The van der Waals surface area contributed by atoms with E-state index in [2.05, 4.69) is 25.8 Å². The minimum atomic E-state index is 0.292. The first-order chi connectivity index (χ1) is 14.2. The zero-order chi connectivity index (χ0) is 20.1. The number of aromatic nitrogens is 3. The van der Waals surface area contributed by atoms with E-state index < -0.39 is 0 Å². The summed E-state index contributed by atoms with van der Waals surface area (Å²) in [6.45, 7) is 2.04. The molecule has 0 radical (unpaired) electrons. The number of rotatable bonds is 8. The molecule has 0 unspecified atom stereocenters. The highest BCUT2D eigenvalue weighted by Crippen LogP contribution is 2.31. The van der Waals surface area contributed by atoms with Gasteiger partial charge >= 0.3 is 0 Å². The van der Waals surface area contributed by atoms with Crippen molar-refractivity contribution < 1.29 is 4.79 Å². The van der Waals surface area contributed by atoms with Gasteiger partial charge in [0.1, 0.15) is 5.78 Å². The van der Waals surface area contributed by atoms with Gasteiger partial charge in [-0.2, -0.15) is 5.10 Å². The smallest absolute Gasteiger partial charge is 0.159 e. The maximum atomic E-state index is 11.9. The second kappa shape index (κ2) is 9.07. The zero-order valence-corrected chi connectivity index (χ0v) is 17.0. The molecule has 1 aliphatic carbocycles. The highest BCUT2D eigenvalue weighted by atomic mass is 16.1. The first-order valence-corrected chi connectivity index (χ1v) is 10.7. The van der Waals surface area contributed by atoms with E-state index in [-0.39, 0.29) is 0 Å². The summed E-state index contributed by atoms with van der Waals surface area (Å²) in [4.78, 5) is 16.3. The summed E-state index contributed by atoms with van der Waals surface area (Å²) in [5, 5.41) is 15.6. The third-order valence-corrected chi connectivity index (χ3v) is 5.57. The summed E-state index contributed by atoms with van der Waals surface area (Å²) in [5.74, 6) is 1.16. The predicted octanol–water partition coefficient (Wildman–Crippen LogP) is 5.36. The first kappa shape index (κ1) is 19.4. The van der Waals surface area contributed by atoms with Gasteiger partial charge in [-0.05, 0) is 43.0 Å². The highest BCUT2D eigenvalue weighted by molar-refractivity contribution is 5.99. The van der Waals surface area contributed by atoms with Crippen LogP contribution in [0.3, 0.4) is 0 Å². The molecule has 6 nitrogen and oxygen atoms in total. The number of ketones is 1. The van der Waals surface area contributed by atoms with E-state index in [9.17, 15) is 4.79 Å². The average Bonchev–Trinajstić information content (AvgIpc) is 3.14. The number of anilines is 3. The Morgan fingerprint density at radius 2 is 1.93 bits per heavy atom. The summed E-state index contributed by atoms with van der Waals surface area (Å²) in [6, 6.07) is 10.5. The van der Waals surface area contributed by atoms with Crippen molar-refractivity contribution in [3.63, 3.8) is 0 Å². The number of H-pyrrole nitrogens is 1. The molecule has 2 aromatic heterocycles. The number of carbonyl (C=O) groups excluding carboxylic acids is 1. The topological polar surface area (TPSA) is 82.7 Å². The molecular formula is C23H29N5O. The van der Waals surface area contributed by atoms with Gasteiger partial charge in [-0.1, -0.05) is 38.3 Å². The van der Waals surface area contributed by atoms with Gasteiger partial charge in [0.25, 0.3) is 0 Å². The van der Waals surface area contributed by atoms with Gasteiger partial charge in [0, 0.05) is 30.8 Å². The SMILES string of the molecule is CCCC(=O)Cc1ccc(Nc2ccnc3[nH]nc(NC4CCCCC4)c23)cc1. The summed E-state index contributed by atoms with van der Waals surface area (Å²) in [6.07, 6.45) is 10.1. The molecule has 152 valence electrons. The standard InChI is InChI=1S/C23H29N5O/c1-2-6-19(29)15-16-9-11-18(12-10-16)25-20-13-14-24-22-21(20)23(28-27-22)26-17-7-4-3-5-8-17/h9-14,17H,2-8,15H2,1H3,(H3,24,25,26,27,28). The van der Waals surface area contributed by atoms with Crippen molar-refractivity contribution in [2.24, 2.45) is 0 Å². The highest BCUT2D eigenvalue weighted by Gasteiger charge is 2.18. The van der Waals surface area contributed by atoms with Gasteiger partial charge in [-0.3, -0.25) is 9.89 Å². The molecule has 1 aliphatic rings. The molecule has 0 atom stereocenters. The van der Waals surface area contributed by atoms with Gasteiger partial charge in [-0.25, -0.2) is 4.98 Å². The van der Waals surface area contributed by atoms with Crippen molar-refractivity contribution >= 4 is 34.0 Å². The number of carbonyl (C=O) groups is 1. The number of Topliss-reactive ketones (excluding diaryl/α,β-unsaturated/α-hetero) is 1. The molecule has 0 saturated heterocycles. The lowest BCUT2D eigenvalue weighted by atomic mass is 9.95. The van der Waals surface area contributed by atoms with Crippen LogP contribution in [-0.2, 0) is 11.2 Å². The molecule has 2 heterocycles. The lowest BCUT2D eigenvalue weighted by molar-refractivity contribution is -0.118. The molecule has 0 aliphatic heterocycles. The molecule has 3 N–H and O–H groups in total. The number of hydrogen-bond donors (Lipinski definition) is 3. The van der Waals surface area contributed by atoms with E-state index in [1.54, 1.807) is 6.20 Å². The van der Waals surface area contributed by atoms with Crippen LogP contribution in [0.15, 0.2) is 36.5 Å². The van der Waals surface area contributed by atoms with Crippen molar-refractivity contribution in [1.29, 1.82) is 0 Å². The monoisotopic (exact) mass is 391 g/mol. The summed E-state index contributed by atoms with van der Waals surface area (Å²) >= 11 is 0. The second-order valence-electron chi connectivity index (χ2n) is 7.92. The van der Waals surface area contributed by atoms with Crippen LogP contribution in [0.25, 0.3) is 11.0 Å². The number of fused-ring (bicyclic) bond motifs is 1. The Hall–Kier alpha value is -2.89.